The van der Waals surface area contributed by atoms with Crippen molar-refractivity contribution in [2.24, 2.45) is 0 Å². The molecule has 0 spiro atoms. The average Bonchev–Trinajstić information content (AvgIpc) is 2.65. The van der Waals surface area contributed by atoms with Gasteiger partial charge < -0.3 is 10.1 Å². The minimum Gasteiger partial charge on any atom is -0.368 e. The summed E-state index contributed by atoms with van der Waals surface area (Å²) in [4.78, 5) is 0. The van der Waals surface area contributed by atoms with Crippen LogP contribution in [0.1, 0.15) is 45.2 Å². The second kappa shape index (κ2) is 6.51. The summed E-state index contributed by atoms with van der Waals surface area (Å²) in [5.41, 5.74) is 1.63. The fourth-order valence-corrected chi connectivity index (χ4v) is 3.94. The van der Waals surface area contributed by atoms with Crippen molar-refractivity contribution >= 4 is 10.0 Å². The molecule has 1 aromatic carbocycles. The van der Waals surface area contributed by atoms with E-state index in [0.29, 0.717) is 6.04 Å². The van der Waals surface area contributed by atoms with E-state index in [2.05, 4.69) is 37.7 Å². The van der Waals surface area contributed by atoms with Gasteiger partial charge in [-0.1, -0.05) is 24.3 Å². The minimum absolute atomic E-state index is 0.00882. The van der Waals surface area contributed by atoms with E-state index in [1.54, 1.807) is 0 Å². The molecule has 0 bridgehead atoms. The van der Waals surface area contributed by atoms with Crippen molar-refractivity contribution in [3.05, 3.63) is 35.4 Å². The van der Waals surface area contributed by atoms with Gasteiger partial charge in [-0.3, -0.25) is 0 Å². The maximum atomic E-state index is 11.5. The van der Waals surface area contributed by atoms with Crippen LogP contribution in [-0.4, -0.2) is 32.7 Å². The number of hydrogen-bond donors (Lipinski definition) is 2. The second-order valence-corrected chi connectivity index (χ2v) is 9.31. The predicted molar refractivity (Wildman–Crippen MR) is 92.6 cm³/mol. The normalized spacial score (nSPS) is 23.1. The number of ether oxygens (including phenoxy) is 1. The molecule has 1 saturated heterocycles. The van der Waals surface area contributed by atoms with Gasteiger partial charge in [-0.2, -0.15) is 0 Å². The lowest BCUT2D eigenvalue weighted by molar-refractivity contribution is -0.0699. The quantitative estimate of drug-likeness (QED) is 0.833. The van der Waals surface area contributed by atoms with Gasteiger partial charge in [0, 0.05) is 12.6 Å². The summed E-state index contributed by atoms with van der Waals surface area (Å²) in [7, 11) is -1.79. The zero-order valence-electron chi connectivity index (χ0n) is 14.6. The Morgan fingerprint density at radius 1 is 1.13 bits per heavy atom. The molecule has 2 N–H and O–H groups in total. The number of hydrogen-bond acceptors (Lipinski definition) is 4. The van der Waals surface area contributed by atoms with Crippen molar-refractivity contribution in [1.29, 1.82) is 0 Å². The summed E-state index contributed by atoms with van der Waals surface area (Å²) in [6, 6.07) is 7.98. The predicted octanol–water partition coefficient (Wildman–Crippen LogP) is 2.17. The Labute approximate surface area is 139 Å². The van der Waals surface area contributed by atoms with Crippen molar-refractivity contribution < 1.29 is 13.2 Å². The lowest BCUT2D eigenvalue weighted by Crippen LogP contribution is -2.42. The van der Waals surface area contributed by atoms with Crippen LogP contribution in [0.5, 0.6) is 0 Å². The third-order valence-corrected chi connectivity index (χ3v) is 5.65. The third-order valence-electron chi connectivity index (χ3n) is 4.32. The van der Waals surface area contributed by atoms with Gasteiger partial charge >= 0.3 is 0 Å². The molecule has 0 aromatic heterocycles. The molecule has 130 valence electrons. The van der Waals surface area contributed by atoms with Crippen LogP contribution in [0, 0.1) is 0 Å². The first-order chi connectivity index (χ1) is 10.5. The molecule has 0 saturated carbocycles. The monoisotopic (exact) mass is 340 g/mol. The molecular formula is C17H28N2O3S. The standard InChI is InChI=1S/C17H28N2O3S/c1-16(2)10-15(17(3,4)22-16)19-11-13-6-8-14(9-7-13)12-23(20,21)18-5/h6-9,15,18-19H,10-12H2,1-5H3/t15-/m1/s1. The fraction of sp³-hybridized carbons (Fsp3) is 0.647. The van der Waals surface area contributed by atoms with Crippen LogP contribution in [-0.2, 0) is 27.1 Å². The molecule has 0 radical (unpaired) electrons. The van der Waals surface area contributed by atoms with Crippen molar-refractivity contribution in [2.45, 2.75) is 63.7 Å². The molecule has 1 aromatic rings. The Bertz CT molecular complexity index is 636. The van der Waals surface area contributed by atoms with E-state index in [4.69, 9.17) is 4.74 Å². The molecule has 0 amide bonds. The highest BCUT2D eigenvalue weighted by atomic mass is 32.2. The van der Waals surface area contributed by atoms with Crippen LogP contribution in [0.15, 0.2) is 24.3 Å². The van der Waals surface area contributed by atoms with Crippen LogP contribution < -0.4 is 10.0 Å². The van der Waals surface area contributed by atoms with Gasteiger partial charge in [0.1, 0.15) is 0 Å². The van der Waals surface area contributed by atoms with Gasteiger partial charge in [0.15, 0.2) is 0 Å². The van der Waals surface area contributed by atoms with Crippen LogP contribution in [0.3, 0.4) is 0 Å². The molecule has 0 unspecified atom stereocenters. The molecule has 2 rings (SSSR count). The average molecular weight is 340 g/mol. The number of nitrogens with one attached hydrogen (secondary N) is 2. The van der Waals surface area contributed by atoms with Crippen LogP contribution in [0.4, 0.5) is 0 Å². The first-order valence-corrected chi connectivity index (χ1v) is 9.61. The maximum absolute atomic E-state index is 11.5. The van der Waals surface area contributed by atoms with Gasteiger partial charge in [0.25, 0.3) is 0 Å². The Kier molecular flexibility index (Phi) is 5.21. The highest BCUT2D eigenvalue weighted by molar-refractivity contribution is 7.88. The van der Waals surface area contributed by atoms with Gasteiger partial charge in [-0.15, -0.1) is 0 Å². The topological polar surface area (TPSA) is 67.4 Å². The molecule has 6 heteroatoms. The number of rotatable bonds is 6. The molecule has 23 heavy (non-hydrogen) atoms. The van der Waals surface area contributed by atoms with E-state index in [1.807, 2.05) is 24.3 Å². The molecule has 1 atom stereocenters. The Morgan fingerprint density at radius 3 is 2.17 bits per heavy atom. The minimum atomic E-state index is -3.22. The summed E-state index contributed by atoms with van der Waals surface area (Å²) in [5.74, 6) is 0.00882. The molecule has 1 fully saturated rings. The van der Waals surface area contributed by atoms with Gasteiger partial charge in [-0.05, 0) is 52.3 Å². The largest absolute Gasteiger partial charge is 0.368 e. The van der Waals surface area contributed by atoms with Crippen molar-refractivity contribution in [2.75, 3.05) is 7.05 Å². The van der Waals surface area contributed by atoms with Gasteiger partial charge in [-0.25, -0.2) is 13.1 Å². The Morgan fingerprint density at radius 2 is 1.70 bits per heavy atom. The lowest BCUT2D eigenvalue weighted by atomic mass is 9.94. The molecule has 0 aliphatic carbocycles. The molecule has 1 aliphatic heterocycles. The van der Waals surface area contributed by atoms with E-state index < -0.39 is 10.0 Å². The van der Waals surface area contributed by atoms with Gasteiger partial charge in [0.2, 0.25) is 10.0 Å². The van der Waals surface area contributed by atoms with Crippen LogP contribution in [0.25, 0.3) is 0 Å². The first-order valence-electron chi connectivity index (χ1n) is 7.96. The molecule has 5 nitrogen and oxygen atoms in total. The third kappa shape index (κ3) is 5.01. The van der Waals surface area contributed by atoms with Crippen molar-refractivity contribution in [3.8, 4) is 0 Å². The fourth-order valence-electron chi connectivity index (χ4n) is 3.17. The Balaban J connectivity index is 1.95. The van der Waals surface area contributed by atoms with E-state index in [-0.39, 0.29) is 17.0 Å². The number of sulfonamides is 1. The molecular weight excluding hydrogens is 312 g/mol. The molecule has 1 aliphatic rings. The summed E-state index contributed by atoms with van der Waals surface area (Å²) >= 11 is 0. The summed E-state index contributed by atoms with van der Waals surface area (Å²) in [5, 5.41) is 3.57. The van der Waals surface area contributed by atoms with E-state index in [9.17, 15) is 8.42 Å². The van der Waals surface area contributed by atoms with E-state index >= 15 is 0 Å². The zero-order chi connectivity index (χ0) is 17.3. The van der Waals surface area contributed by atoms with E-state index in [1.165, 1.54) is 7.05 Å². The summed E-state index contributed by atoms with van der Waals surface area (Å²) < 4.78 is 31.5. The van der Waals surface area contributed by atoms with Crippen molar-refractivity contribution in [3.63, 3.8) is 0 Å². The highest BCUT2D eigenvalue weighted by Crippen LogP contribution is 2.37. The van der Waals surface area contributed by atoms with Gasteiger partial charge in [0.05, 0.1) is 17.0 Å². The summed E-state index contributed by atoms with van der Waals surface area (Å²) in [6.07, 6.45) is 0.971. The lowest BCUT2D eigenvalue weighted by Gasteiger charge is -2.28. The zero-order valence-corrected chi connectivity index (χ0v) is 15.5. The maximum Gasteiger partial charge on any atom is 0.215 e. The summed E-state index contributed by atoms with van der Waals surface area (Å²) in [6.45, 7) is 9.21. The van der Waals surface area contributed by atoms with Crippen LogP contribution >= 0.6 is 0 Å². The first kappa shape index (κ1) is 18.4. The smallest absolute Gasteiger partial charge is 0.215 e. The second-order valence-electron chi connectivity index (χ2n) is 7.38. The van der Waals surface area contributed by atoms with E-state index in [0.717, 1.165) is 24.1 Å². The highest BCUT2D eigenvalue weighted by Gasteiger charge is 2.45. The van der Waals surface area contributed by atoms with Crippen molar-refractivity contribution in [1.82, 2.24) is 10.0 Å². The Hall–Kier alpha value is -0.950. The van der Waals surface area contributed by atoms with Crippen LogP contribution in [0.2, 0.25) is 0 Å². The SMILES string of the molecule is CNS(=O)(=O)Cc1ccc(CN[C@@H]2CC(C)(C)OC2(C)C)cc1. The number of benzene rings is 1. The molecule has 1 heterocycles.